The lowest BCUT2D eigenvalue weighted by atomic mass is 10.3. The summed E-state index contributed by atoms with van der Waals surface area (Å²) in [6.07, 6.45) is 3.48. The van der Waals surface area contributed by atoms with Crippen molar-refractivity contribution in [3.8, 4) is 5.69 Å². The maximum absolute atomic E-state index is 4.42. The summed E-state index contributed by atoms with van der Waals surface area (Å²) in [5.41, 5.74) is 2.95. The van der Waals surface area contributed by atoms with E-state index in [2.05, 4.69) is 43.0 Å². The fourth-order valence-electron chi connectivity index (χ4n) is 1.78. The SMILES string of the molecule is ICc1cc(-n2cnc(Nc3ccccc3)n2)ccn1. The maximum atomic E-state index is 4.42. The highest BCUT2D eigenvalue weighted by molar-refractivity contribution is 14.1. The minimum atomic E-state index is 0.573. The third kappa shape index (κ3) is 2.96. The highest BCUT2D eigenvalue weighted by atomic mass is 127. The van der Waals surface area contributed by atoms with E-state index in [1.807, 2.05) is 42.5 Å². The zero-order valence-corrected chi connectivity index (χ0v) is 12.7. The molecule has 3 aromatic rings. The first-order valence-corrected chi connectivity index (χ1v) is 7.63. The molecule has 5 nitrogen and oxygen atoms in total. The van der Waals surface area contributed by atoms with Crippen molar-refractivity contribution in [3.63, 3.8) is 0 Å². The van der Waals surface area contributed by atoms with Gasteiger partial charge in [0.15, 0.2) is 0 Å². The van der Waals surface area contributed by atoms with Gasteiger partial charge < -0.3 is 5.32 Å². The molecular weight excluding hydrogens is 365 g/mol. The van der Waals surface area contributed by atoms with E-state index in [4.69, 9.17) is 0 Å². The molecule has 0 radical (unpaired) electrons. The van der Waals surface area contributed by atoms with Crippen molar-refractivity contribution in [3.05, 3.63) is 60.7 Å². The summed E-state index contributed by atoms with van der Waals surface area (Å²) >= 11 is 2.29. The Hall–Kier alpha value is -1.96. The molecule has 1 aromatic carbocycles. The quantitative estimate of drug-likeness (QED) is 0.560. The highest BCUT2D eigenvalue weighted by Crippen LogP contribution is 2.14. The van der Waals surface area contributed by atoms with Gasteiger partial charge in [0, 0.05) is 16.3 Å². The molecule has 0 aliphatic rings. The maximum Gasteiger partial charge on any atom is 0.246 e. The van der Waals surface area contributed by atoms with Crippen molar-refractivity contribution in [1.29, 1.82) is 0 Å². The van der Waals surface area contributed by atoms with Crippen molar-refractivity contribution in [2.45, 2.75) is 4.43 Å². The van der Waals surface area contributed by atoms with E-state index in [1.165, 1.54) is 0 Å². The van der Waals surface area contributed by atoms with Crippen molar-refractivity contribution in [2.75, 3.05) is 5.32 Å². The molecule has 3 rings (SSSR count). The third-order valence-electron chi connectivity index (χ3n) is 2.72. The Bertz CT molecular complexity index is 696. The second kappa shape index (κ2) is 6.00. The third-order valence-corrected chi connectivity index (χ3v) is 3.50. The van der Waals surface area contributed by atoms with Crippen LogP contribution in [0.1, 0.15) is 5.69 Å². The zero-order valence-electron chi connectivity index (χ0n) is 10.6. The van der Waals surface area contributed by atoms with Gasteiger partial charge in [-0.05, 0) is 24.3 Å². The second-order valence-corrected chi connectivity index (χ2v) is 4.91. The Labute approximate surface area is 130 Å². The van der Waals surface area contributed by atoms with Gasteiger partial charge in [-0.3, -0.25) is 4.98 Å². The van der Waals surface area contributed by atoms with E-state index in [0.29, 0.717) is 5.95 Å². The Morgan fingerprint density at radius 1 is 1.10 bits per heavy atom. The van der Waals surface area contributed by atoms with Crippen LogP contribution in [0.2, 0.25) is 0 Å². The number of hydrogen-bond acceptors (Lipinski definition) is 4. The van der Waals surface area contributed by atoms with Gasteiger partial charge in [0.05, 0.1) is 11.4 Å². The van der Waals surface area contributed by atoms with E-state index >= 15 is 0 Å². The van der Waals surface area contributed by atoms with Crippen LogP contribution >= 0.6 is 22.6 Å². The zero-order chi connectivity index (χ0) is 13.8. The Kier molecular flexibility index (Phi) is 3.91. The van der Waals surface area contributed by atoms with Crippen molar-refractivity contribution in [1.82, 2.24) is 19.7 Å². The summed E-state index contributed by atoms with van der Waals surface area (Å²) in [6.45, 7) is 0. The largest absolute Gasteiger partial charge is 0.323 e. The molecule has 0 unspecified atom stereocenters. The number of nitrogens with one attached hydrogen (secondary N) is 1. The first-order valence-electron chi connectivity index (χ1n) is 6.10. The summed E-state index contributed by atoms with van der Waals surface area (Å²) < 4.78 is 2.61. The summed E-state index contributed by atoms with van der Waals surface area (Å²) in [5, 5.41) is 7.58. The Balaban J connectivity index is 1.83. The Morgan fingerprint density at radius 2 is 1.95 bits per heavy atom. The fourth-order valence-corrected chi connectivity index (χ4v) is 2.19. The molecule has 0 fully saturated rings. The number of benzene rings is 1. The van der Waals surface area contributed by atoms with E-state index in [9.17, 15) is 0 Å². The van der Waals surface area contributed by atoms with Crippen LogP contribution in [0.15, 0.2) is 55.0 Å². The lowest BCUT2D eigenvalue weighted by Gasteiger charge is -2.02. The predicted molar refractivity (Wildman–Crippen MR) is 86.6 cm³/mol. The molecule has 0 aliphatic carbocycles. The first kappa shape index (κ1) is 13.0. The average Bonchev–Trinajstić information content (AvgIpc) is 2.97. The number of alkyl halides is 1. The molecule has 0 atom stereocenters. The topological polar surface area (TPSA) is 55.6 Å². The normalized spacial score (nSPS) is 10.4. The molecule has 2 aromatic heterocycles. The standard InChI is InChI=1S/C14H12IN5/c15-9-12-8-13(6-7-16-12)20-10-17-14(19-20)18-11-4-2-1-3-5-11/h1-8,10H,9H2,(H,18,19). The van der Waals surface area contributed by atoms with Crippen molar-refractivity contribution in [2.24, 2.45) is 0 Å². The number of pyridine rings is 1. The second-order valence-electron chi connectivity index (χ2n) is 4.14. The molecule has 0 bridgehead atoms. The number of halogens is 1. The molecule has 1 N–H and O–H groups in total. The molecule has 0 spiro atoms. The smallest absolute Gasteiger partial charge is 0.246 e. The molecule has 0 amide bonds. The van der Waals surface area contributed by atoms with Crippen LogP contribution in [0.4, 0.5) is 11.6 Å². The molecule has 0 saturated carbocycles. The van der Waals surface area contributed by atoms with Gasteiger partial charge in [-0.2, -0.15) is 4.98 Å². The lowest BCUT2D eigenvalue weighted by Crippen LogP contribution is -1.98. The molecule has 6 heteroatoms. The fraction of sp³-hybridized carbons (Fsp3) is 0.0714. The van der Waals surface area contributed by atoms with Gasteiger partial charge in [0.2, 0.25) is 5.95 Å². The number of anilines is 2. The van der Waals surface area contributed by atoms with Crippen LogP contribution in [-0.2, 0) is 4.43 Å². The summed E-state index contributed by atoms with van der Waals surface area (Å²) in [6, 6.07) is 13.8. The molecule has 0 aliphatic heterocycles. The van der Waals surface area contributed by atoms with Crippen LogP contribution in [0.5, 0.6) is 0 Å². The monoisotopic (exact) mass is 377 g/mol. The van der Waals surface area contributed by atoms with Crippen LogP contribution in [0.3, 0.4) is 0 Å². The number of nitrogens with zero attached hydrogens (tertiary/aromatic N) is 4. The summed E-state index contributed by atoms with van der Waals surface area (Å²) in [7, 11) is 0. The van der Waals surface area contributed by atoms with E-state index < -0.39 is 0 Å². The molecule has 20 heavy (non-hydrogen) atoms. The molecule has 2 heterocycles. The van der Waals surface area contributed by atoms with Crippen LogP contribution in [0.25, 0.3) is 5.69 Å². The van der Waals surface area contributed by atoms with Gasteiger partial charge >= 0.3 is 0 Å². The van der Waals surface area contributed by atoms with Gasteiger partial charge in [0.25, 0.3) is 0 Å². The molecule has 100 valence electrons. The number of para-hydroxylation sites is 1. The van der Waals surface area contributed by atoms with Gasteiger partial charge in [-0.1, -0.05) is 40.8 Å². The predicted octanol–water partition coefficient (Wildman–Crippen LogP) is 3.34. The van der Waals surface area contributed by atoms with Crippen LogP contribution in [-0.4, -0.2) is 19.7 Å². The summed E-state index contributed by atoms with van der Waals surface area (Å²) in [5.74, 6) is 0.573. The van der Waals surface area contributed by atoms with Crippen molar-refractivity contribution >= 4 is 34.2 Å². The van der Waals surface area contributed by atoms with Gasteiger partial charge in [-0.15, -0.1) is 5.10 Å². The van der Waals surface area contributed by atoms with Crippen LogP contribution < -0.4 is 5.32 Å². The highest BCUT2D eigenvalue weighted by Gasteiger charge is 2.04. The number of aromatic nitrogens is 4. The average molecular weight is 377 g/mol. The number of rotatable bonds is 4. The van der Waals surface area contributed by atoms with E-state index in [1.54, 1.807) is 17.2 Å². The van der Waals surface area contributed by atoms with Gasteiger partial charge in [-0.25, -0.2) is 4.68 Å². The molecular formula is C14H12IN5. The minimum absolute atomic E-state index is 0.573. The van der Waals surface area contributed by atoms with E-state index in [-0.39, 0.29) is 0 Å². The minimum Gasteiger partial charge on any atom is -0.323 e. The van der Waals surface area contributed by atoms with E-state index in [0.717, 1.165) is 21.5 Å². The number of hydrogen-bond donors (Lipinski definition) is 1. The van der Waals surface area contributed by atoms with Gasteiger partial charge in [0.1, 0.15) is 6.33 Å². The Morgan fingerprint density at radius 3 is 2.75 bits per heavy atom. The lowest BCUT2D eigenvalue weighted by molar-refractivity contribution is 0.876. The van der Waals surface area contributed by atoms with Crippen LogP contribution in [0, 0.1) is 0 Å². The first-order chi connectivity index (χ1) is 9.85. The summed E-state index contributed by atoms with van der Waals surface area (Å²) in [4.78, 5) is 8.54. The van der Waals surface area contributed by atoms with Crippen molar-refractivity contribution < 1.29 is 0 Å². The molecule has 0 saturated heterocycles.